The van der Waals surface area contributed by atoms with Gasteiger partial charge in [-0.1, -0.05) is 0 Å². The van der Waals surface area contributed by atoms with Gasteiger partial charge in [-0.3, -0.25) is 0 Å². The summed E-state index contributed by atoms with van der Waals surface area (Å²) in [6, 6.07) is 0. The molecule has 0 aliphatic carbocycles. The van der Waals surface area contributed by atoms with Crippen LogP contribution >= 0.6 is 0 Å². The van der Waals surface area contributed by atoms with Gasteiger partial charge in [0.05, 0.1) is 6.61 Å². The van der Waals surface area contributed by atoms with Crippen LogP contribution in [0.1, 0.15) is 20.3 Å². The lowest BCUT2D eigenvalue weighted by molar-refractivity contribution is 0.149. The zero-order valence-electron chi connectivity index (χ0n) is 6.29. The van der Waals surface area contributed by atoms with Crippen molar-refractivity contribution < 1.29 is 13.5 Å². The van der Waals surface area contributed by atoms with Gasteiger partial charge in [-0.2, -0.15) is 8.78 Å². The second-order valence-electron chi connectivity index (χ2n) is 1.99. The van der Waals surface area contributed by atoms with E-state index in [0.29, 0.717) is 19.6 Å². The van der Waals surface area contributed by atoms with Crippen LogP contribution < -0.4 is 0 Å². The van der Waals surface area contributed by atoms with Crippen molar-refractivity contribution in [2.45, 2.75) is 20.3 Å². The predicted octanol–water partition coefficient (Wildman–Crippen LogP) is 2.58. The maximum atomic E-state index is 11.7. The van der Waals surface area contributed by atoms with Gasteiger partial charge in [-0.25, -0.2) is 0 Å². The maximum absolute atomic E-state index is 11.7. The Morgan fingerprint density at radius 3 is 2.40 bits per heavy atom. The summed E-state index contributed by atoms with van der Waals surface area (Å²) in [6.45, 7) is 4.22. The van der Waals surface area contributed by atoms with E-state index in [1.807, 2.05) is 6.92 Å². The summed E-state index contributed by atoms with van der Waals surface area (Å²) in [4.78, 5) is 0. The molecule has 0 aromatic rings. The highest BCUT2D eigenvalue weighted by Crippen LogP contribution is 2.09. The second-order valence-corrected chi connectivity index (χ2v) is 1.99. The van der Waals surface area contributed by atoms with Crippen molar-refractivity contribution >= 4 is 0 Å². The number of ether oxygens (including phenoxy) is 1. The molecule has 3 heteroatoms. The van der Waals surface area contributed by atoms with E-state index in [4.69, 9.17) is 4.74 Å². The molecule has 0 aliphatic rings. The lowest BCUT2D eigenvalue weighted by Crippen LogP contribution is -1.94. The molecule has 10 heavy (non-hydrogen) atoms. The minimum Gasteiger partial charge on any atom is -0.381 e. The average Bonchev–Trinajstić information content (AvgIpc) is 1.88. The Bertz CT molecular complexity index is 117. The number of halogens is 2. The second kappa shape index (κ2) is 5.35. The quantitative estimate of drug-likeness (QED) is 0.559. The molecule has 0 radical (unpaired) electrons. The van der Waals surface area contributed by atoms with E-state index >= 15 is 0 Å². The van der Waals surface area contributed by atoms with Gasteiger partial charge in [0, 0.05) is 6.61 Å². The van der Waals surface area contributed by atoms with Crippen molar-refractivity contribution in [2.24, 2.45) is 0 Å². The summed E-state index contributed by atoms with van der Waals surface area (Å²) in [7, 11) is 0. The highest BCUT2D eigenvalue weighted by molar-refractivity contribution is 4.97. The normalized spacial score (nSPS) is 9.60. The molecular formula is C7H12F2O. The number of rotatable bonds is 4. The molecule has 0 saturated carbocycles. The van der Waals surface area contributed by atoms with E-state index in [-0.39, 0.29) is 5.57 Å². The zero-order valence-corrected chi connectivity index (χ0v) is 6.29. The van der Waals surface area contributed by atoms with Gasteiger partial charge in [-0.15, -0.1) is 0 Å². The van der Waals surface area contributed by atoms with Crippen LogP contribution in [0.15, 0.2) is 11.7 Å². The Balaban J connectivity index is 3.40. The Morgan fingerprint density at radius 1 is 1.40 bits per heavy atom. The SMILES string of the molecule is CCOCCC(C)=C(F)F. The van der Waals surface area contributed by atoms with E-state index < -0.39 is 6.08 Å². The molecule has 0 N–H and O–H groups in total. The predicted molar refractivity (Wildman–Crippen MR) is 36.0 cm³/mol. The first-order chi connectivity index (χ1) is 4.68. The third kappa shape index (κ3) is 4.44. The molecule has 0 fully saturated rings. The van der Waals surface area contributed by atoms with Crippen molar-refractivity contribution in [1.82, 2.24) is 0 Å². The van der Waals surface area contributed by atoms with Crippen molar-refractivity contribution in [3.63, 3.8) is 0 Å². The molecule has 60 valence electrons. The van der Waals surface area contributed by atoms with Gasteiger partial charge in [0.2, 0.25) is 0 Å². The van der Waals surface area contributed by atoms with Gasteiger partial charge in [0.25, 0.3) is 6.08 Å². The molecule has 0 spiro atoms. The van der Waals surface area contributed by atoms with Crippen molar-refractivity contribution in [2.75, 3.05) is 13.2 Å². The van der Waals surface area contributed by atoms with Crippen LogP contribution in [-0.4, -0.2) is 13.2 Å². The van der Waals surface area contributed by atoms with Crippen LogP contribution in [0.3, 0.4) is 0 Å². The Kier molecular flexibility index (Phi) is 5.12. The van der Waals surface area contributed by atoms with Crippen LogP contribution in [0, 0.1) is 0 Å². The summed E-state index contributed by atoms with van der Waals surface area (Å²) >= 11 is 0. The number of hydrogen-bond acceptors (Lipinski definition) is 1. The molecule has 0 bridgehead atoms. The fourth-order valence-electron chi connectivity index (χ4n) is 0.464. The van der Waals surface area contributed by atoms with Gasteiger partial charge >= 0.3 is 0 Å². The molecule has 1 nitrogen and oxygen atoms in total. The lowest BCUT2D eigenvalue weighted by Gasteiger charge is -1.99. The topological polar surface area (TPSA) is 9.23 Å². The molecule has 0 aliphatic heterocycles. The van der Waals surface area contributed by atoms with Gasteiger partial charge in [0.15, 0.2) is 0 Å². The van der Waals surface area contributed by atoms with Crippen LogP contribution in [0.5, 0.6) is 0 Å². The third-order valence-electron chi connectivity index (χ3n) is 1.15. The van der Waals surface area contributed by atoms with Crippen molar-refractivity contribution in [3.05, 3.63) is 11.7 Å². The summed E-state index contributed by atoms with van der Waals surface area (Å²) < 4.78 is 28.2. The standard InChI is InChI=1S/C7H12F2O/c1-3-10-5-4-6(2)7(8)9/h3-5H2,1-2H3. The summed E-state index contributed by atoms with van der Waals surface area (Å²) in [5.41, 5.74) is 0.119. The Hall–Kier alpha value is -0.440. The summed E-state index contributed by atoms with van der Waals surface area (Å²) in [5.74, 6) is 0. The van der Waals surface area contributed by atoms with Crippen molar-refractivity contribution in [1.29, 1.82) is 0 Å². The minimum atomic E-state index is -1.58. The van der Waals surface area contributed by atoms with Crippen LogP contribution in [0.4, 0.5) is 8.78 Å². The first-order valence-electron chi connectivity index (χ1n) is 3.27. The Morgan fingerprint density at radius 2 is 2.00 bits per heavy atom. The molecule has 0 atom stereocenters. The largest absolute Gasteiger partial charge is 0.381 e. The zero-order chi connectivity index (χ0) is 7.98. The fourth-order valence-corrected chi connectivity index (χ4v) is 0.464. The fraction of sp³-hybridized carbons (Fsp3) is 0.714. The summed E-state index contributed by atoms with van der Waals surface area (Å²) in [5, 5.41) is 0. The molecule has 0 saturated heterocycles. The van der Waals surface area contributed by atoms with Gasteiger partial charge in [-0.05, 0) is 25.8 Å². The maximum Gasteiger partial charge on any atom is 0.269 e. The van der Waals surface area contributed by atoms with Crippen LogP contribution in [-0.2, 0) is 4.74 Å². The summed E-state index contributed by atoms with van der Waals surface area (Å²) in [6.07, 6.45) is -1.25. The van der Waals surface area contributed by atoms with E-state index in [0.717, 1.165) is 0 Å². The smallest absolute Gasteiger partial charge is 0.269 e. The highest BCUT2D eigenvalue weighted by atomic mass is 19.3. The Labute approximate surface area is 59.7 Å². The molecule has 0 amide bonds. The lowest BCUT2D eigenvalue weighted by atomic mass is 10.2. The molecule has 0 rings (SSSR count). The van der Waals surface area contributed by atoms with E-state index in [1.54, 1.807) is 0 Å². The van der Waals surface area contributed by atoms with E-state index in [9.17, 15) is 8.78 Å². The third-order valence-corrected chi connectivity index (χ3v) is 1.15. The molecule has 0 aromatic carbocycles. The molecule has 0 unspecified atom stereocenters. The first kappa shape index (κ1) is 9.56. The van der Waals surface area contributed by atoms with E-state index in [1.165, 1.54) is 6.92 Å². The van der Waals surface area contributed by atoms with Crippen LogP contribution in [0.25, 0.3) is 0 Å². The van der Waals surface area contributed by atoms with Crippen LogP contribution in [0.2, 0.25) is 0 Å². The van der Waals surface area contributed by atoms with Gasteiger partial charge < -0.3 is 4.74 Å². The monoisotopic (exact) mass is 150 g/mol. The molecule has 0 heterocycles. The van der Waals surface area contributed by atoms with Crippen molar-refractivity contribution in [3.8, 4) is 0 Å². The highest BCUT2D eigenvalue weighted by Gasteiger charge is 1.97. The number of hydrogen-bond donors (Lipinski definition) is 0. The minimum absolute atomic E-state index is 0.119. The van der Waals surface area contributed by atoms with Gasteiger partial charge in [0.1, 0.15) is 0 Å². The first-order valence-corrected chi connectivity index (χ1v) is 3.27. The molecule has 0 aromatic heterocycles. The van der Waals surface area contributed by atoms with E-state index in [2.05, 4.69) is 0 Å². The molecular weight excluding hydrogens is 138 g/mol. The average molecular weight is 150 g/mol.